The Kier molecular flexibility index (Phi) is 21.4. The zero-order valence-electron chi connectivity index (χ0n) is 48.7. The fourth-order valence-corrected chi connectivity index (χ4v) is 10.7. The van der Waals surface area contributed by atoms with Crippen molar-refractivity contribution in [3.8, 4) is 0 Å². The molecule has 8 atom stereocenters. The van der Waals surface area contributed by atoms with Crippen LogP contribution < -0.4 is 9.80 Å². The maximum Gasteiger partial charge on any atom is 0.329 e. The van der Waals surface area contributed by atoms with Crippen LogP contribution in [0.2, 0.25) is 0 Å². The van der Waals surface area contributed by atoms with E-state index in [1.807, 2.05) is 76.2 Å². The van der Waals surface area contributed by atoms with Crippen molar-refractivity contribution >= 4 is 58.9 Å². The number of hydrogen-bond donors (Lipinski definition) is 0. The summed E-state index contributed by atoms with van der Waals surface area (Å²) in [4.78, 5) is 127. The lowest BCUT2D eigenvalue weighted by atomic mass is 10.0. The molecule has 3 heterocycles. The molecule has 0 spiro atoms. The molecule has 20 nitrogen and oxygen atoms in total. The molecule has 440 valence electrons. The van der Waals surface area contributed by atoms with Crippen LogP contribution in [0.4, 0.5) is 11.4 Å². The monoisotopic (exact) mass is 1110 g/mol. The topological polar surface area (TPSA) is 211 Å². The second kappa shape index (κ2) is 27.9. The van der Waals surface area contributed by atoms with E-state index in [1.54, 1.807) is 0 Å². The number of rotatable bonds is 14. The van der Waals surface area contributed by atoms with Gasteiger partial charge in [-0.2, -0.15) is 0 Å². The predicted octanol–water partition coefficient (Wildman–Crippen LogP) is 4.85. The zero-order valence-corrected chi connectivity index (χ0v) is 48.7. The number of likely N-dealkylation sites (N-methyl/N-ethyl adjacent to an activating group) is 4. The van der Waals surface area contributed by atoms with Gasteiger partial charge in [-0.3, -0.25) is 19.2 Å². The first-order valence-corrected chi connectivity index (χ1v) is 28.8. The summed E-state index contributed by atoms with van der Waals surface area (Å²) in [7, 11) is 5.71. The van der Waals surface area contributed by atoms with Crippen LogP contribution in [0.15, 0.2) is 48.5 Å². The molecule has 2 aromatic carbocycles. The number of anilines is 2. The Morgan fingerprint density at radius 2 is 0.725 bits per heavy atom. The summed E-state index contributed by atoms with van der Waals surface area (Å²) in [5.41, 5.74) is 3.23. The average molecular weight is 1120 g/mol. The van der Waals surface area contributed by atoms with Gasteiger partial charge in [0, 0.05) is 78.6 Å². The minimum Gasteiger partial charge on any atom is -0.451 e. The van der Waals surface area contributed by atoms with Gasteiger partial charge in [-0.15, -0.1) is 0 Å². The number of amides is 4. The van der Waals surface area contributed by atoms with Crippen molar-refractivity contribution in [2.24, 2.45) is 23.7 Å². The van der Waals surface area contributed by atoms with Crippen molar-refractivity contribution in [1.82, 2.24) is 19.6 Å². The molecule has 3 aliphatic heterocycles. The minimum atomic E-state index is -1.49. The largest absolute Gasteiger partial charge is 0.451 e. The normalized spacial score (nSPS) is 27.3. The quantitative estimate of drug-likeness (QED) is 0.183. The standard InChI is InChI=1S/C60H86N6O14/c1-37(2)31-47-57(71)77-39(5)53(67)61(7)50(34-42-13-14-42)60(74)80-52(36-44-17-21-46(22-18-44)66-25-29-76-30-26-66)56(70)64(10)48(32-38(3)4)58(72)78-40(6)54(68)62(8)49(33-41-11-12-41)59(73)79-51(55(69)63(47)9)35-43-15-19-45(20-16-43)65-23-27-75-28-24-65/h15-22,37-42,47-52H,11-14,23-36H2,1-10H3/t39-,40-,47+,48+,49+,50+,51-,52-/m1/s1. The van der Waals surface area contributed by atoms with E-state index in [0.717, 1.165) is 37.1 Å². The summed E-state index contributed by atoms with van der Waals surface area (Å²) in [5, 5.41) is 0. The number of esters is 4. The van der Waals surface area contributed by atoms with Gasteiger partial charge in [-0.1, -0.05) is 77.6 Å². The van der Waals surface area contributed by atoms with Crippen LogP contribution in [0.25, 0.3) is 0 Å². The van der Waals surface area contributed by atoms with E-state index in [0.29, 0.717) is 63.7 Å². The first kappa shape index (κ1) is 61.3. The van der Waals surface area contributed by atoms with Gasteiger partial charge in [0.15, 0.2) is 24.4 Å². The van der Waals surface area contributed by atoms with Gasteiger partial charge in [0.2, 0.25) is 0 Å². The van der Waals surface area contributed by atoms with Crippen LogP contribution in [0.3, 0.4) is 0 Å². The van der Waals surface area contributed by atoms with Crippen LogP contribution in [0.5, 0.6) is 0 Å². The smallest absolute Gasteiger partial charge is 0.329 e. The predicted molar refractivity (Wildman–Crippen MR) is 297 cm³/mol. The number of hydrogen-bond acceptors (Lipinski definition) is 16. The minimum absolute atomic E-state index is 0.0785. The first-order chi connectivity index (χ1) is 38.1. The Morgan fingerprint density at radius 3 is 1.02 bits per heavy atom. The third-order valence-corrected chi connectivity index (χ3v) is 16.1. The summed E-state index contributed by atoms with van der Waals surface area (Å²) in [6.07, 6.45) is -2.18. The van der Waals surface area contributed by atoms with Gasteiger partial charge >= 0.3 is 23.9 Å². The van der Waals surface area contributed by atoms with Gasteiger partial charge < -0.3 is 57.8 Å². The number of benzene rings is 2. The molecule has 7 rings (SSSR count). The van der Waals surface area contributed by atoms with E-state index in [1.165, 1.54) is 61.6 Å². The summed E-state index contributed by atoms with van der Waals surface area (Å²) in [6.45, 7) is 15.5. The molecular weight excluding hydrogens is 1030 g/mol. The highest BCUT2D eigenvalue weighted by Gasteiger charge is 2.44. The SMILES string of the molecule is CC(C)C[C@H]1C(=O)O[C@H](C)C(=O)N(C)[C@@H](CC2CC2)C(=O)O[C@H](Cc2ccc(N3CCOCC3)cc2)C(=O)N(C)[C@@H](CC(C)C)C(=O)O[C@H](C)C(=O)N(C)[C@@H](CC2CC2)C(=O)O[C@H](Cc2ccc(N3CCOCC3)cc2)C(=O)N1C. The number of cyclic esters (lactones) is 4. The number of carbonyl (C=O) groups excluding carboxylic acids is 8. The van der Waals surface area contributed by atoms with Crippen LogP contribution in [-0.2, 0) is 79.6 Å². The second-order valence-electron chi connectivity index (χ2n) is 23.4. The third kappa shape index (κ3) is 16.4. The summed E-state index contributed by atoms with van der Waals surface area (Å²) < 4.78 is 35.4. The Labute approximate surface area is 472 Å². The van der Waals surface area contributed by atoms with Crippen LogP contribution in [0.1, 0.15) is 104 Å². The van der Waals surface area contributed by atoms with Gasteiger partial charge in [-0.25, -0.2) is 19.2 Å². The molecule has 4 amide bonds. The lowest BCUT2D eigenvalue weighted by Gasteiger charge is -2.35. The molecule has 20 heteroatoms. The molecule has 5 fully saturated rings. The van der Waals surface area contributed by atoms with Gasteiger partial charge in [0.1, 0.15) is 24.2 Å². The van der Waals surface area contributed by atoms with E-state index in [-0.39, 0.29) is 62.2 Å². The third-order valence-electron chi connectivity index (χ3n) is 16.1. The molecule has 2 aromatic rings. The lowest BCUT2D eigenvalue weighted by Crippen LogP contribution is -2.54. The maximum atomic E-state index is 15.0. The van der Waals surface area contributed by atoms with Crippen molar-refractivity contribution < 1.29 is 66.8 Å². The molecule has 0 bridgehead atoms. The number of morpholine rings is 2. The van der Waals surface area contributed by atoms with Gasteiger partial charge in [0.25, 0.3) is 23.6 Å². The molecule has 0 unspecified atom stereocenters. The molecule has 80 heavy (non-hydrogen) atoms. The zero-order chi connectivity index (χ0) is 57.9. The maximum absolute atomic E-state index is 15.0. The van der Waals surface area contributed by atoms with E-state index in [4.69, 9.17) is 28.4 Å². The average Bonchev–Trinajstić information content (AvgIpc) is 4.43. The van der Waals surface area contributed by atoms with E-state index < -0.39 is 96.1 Å². The van der Waals surface area contributed by atoms with Crippen molar-refractivity contribution in [1.29, 1.82) is 0 Å². The van der Waals surface area contributed by atoms with Crippen LogP contribution in [-0.4, -0.2) is 196 Å². The first-order valence-electron chi connectivity index (χ1n) is 28.8. The highest BCUT2D eigenvalue weighted by atomic mass is 16.6. The molecule has 2 saturated carbocycles. The molecule has 0 N–H and O–H groups in total. The Balaban J connectivity index is 1.24. The number of carbonyl (C=O) groups is 8. The number of nitrogens with zero attached hydrogens (tertiary/aromatic N) is 6. The van der Waals surface area contributed by atoms with E-state index in [2.05, 4.69) is 9.80 Å². The van der Waals surface area contributed by atoms with Crippen LogP contribution in [0, 0.1) is 23.7 Å². The highest BCUT2D eigenvalue weighted by molar-refractivity contribution is 5.94. The Hall–Kier alpha value is -6.28. The van der Waals surface area contributed by atoms with E-state index >= 15 is 9.59 Å². The fourth-order valence-electron chi connectivity index (χ4n) is 10.7. The molecule has 0 aromatic heterocycles. The molecule has 2 aliphatic carbocycles. The summed E-state index contributed by atoms with van der Waals surface area (Å²) in [5.74, 6) is -6.51. The van der Waals surface area contributed by atoms with Gasteiger partial charge in [-0.05, 0) is 98.6 Å². The number of ether oxygens (including phenoxy) is 6. The summed E-state index contributed by atoms with van der Waals surface area (Å²) in [6, 6.07) is 10.2. The van der Waals surface area contributed by atoms with Crippen molar-refractivity contribution in [3.05, 3.63) is 59.7 Å². The Morgan fingerprint density at radius 1 is 0.425 bits per heavy atom. The lowest BCUT2D eigenvalue weighted by molar-refractivity contribution is -0.176. The molecule has 3 saturated heterocycles. The highest BCUT2D eigenvalue weighted by Crippen LogP contribution is 2.37. The molecule has 5 aliphatic rings. The van der Waals surface area contributed by atoms with E-state index in [9.17, 15) is 28.8 Å². The van der Waals surface area contributed by atoms with Crippen molar-refractivity contribution in [3.63, 3.8) is 0 Å². The second-order valence-corrected chi connectivity index (χ2v) is 23.4. The Bertz CT molecular complexity index is 2300. The fraction of sp³-hybridized carbons (Fsp3) is 0.667. The summed E-state index contributed by atoms with van der Waals surface area (Å²) >= 11 is 0. The molecular formula is C60H86N6O14. The van der Waals surface area contributed by atoms with Gasteiger partial charge in [0.05, 0.1) is 26.4 Å². The van der Waals surface area contributed by atoms with Crippen molar-refractivity contribution in [2.75, 3.05) is 90.6 Å². The van der Waals surface area contributed by atoms with Crippen LogP contribution >= 0.6 is 0 Å². The molecule has 0 radical (unpaired) electrons. The van der Waals surface area contributed by atoms with Crippen molar-refractivity contribution in [2.45, 2.75) is 154 Å².